The van der Waals surface area contributed by atoms with Crippen LogP contribution in [0.1, 0.15) is 32.1 Å². The van der Waals surface area contributed by atoms with Gasteiger partial charge in [-0.1, -0.05) is 25.7 Å². The van der Waals surface area contributed by atoms with E-state index in [2.05, 4.69) is 0 Å². The van der Waals surface area contributed by atoms with E-state index in [-0.39, 0.29) is 11.9 Å². The fourth-order valence-electron chi connectivity index (χ4n) is 2.37. The highest BCUT2D eigenvalue weighted by Gasteiger charge is 2.33. The van der Waals surface area contributed by atoms with E-state index in [9.17, 15) is 4.79 Å². The third-order valence-corrected chi connectivity index (χ3v) is 3.33. The van der Waals surface area contributed by atoms with Crippen LogP contribution in [-0.4, -0.2) is 29.9 Å². The summed E-state index contributed by atoms with van der Waals surface area (Å²) in [6.07, 6.45) is 6.71. The maximum absolute atomic E-state index is 11.2. The first-order valence-electron chi connectivity index (χ1n) is 5.32. The second kappa shape index (κ2) is 3.66. The Hall–Kier alpha value is -0.570. The van der Waals surface area contributed by atoms with Gasteiger partial charge >= 0.3 is 0 Å². The van der Waals surface area contributed by atoms with Crippen molar-refractivity contribution >= 4 is 5.91 Å². The van der Waals surface area contributed by atoms with Crippen LogP contribution in [0.5, 0.6) is 0 Å². The Kier molecular flexibility index (Phi) is 2.54. The summed E-state index contributed by atoms with van der Waals surface area (Å²) in [5.74, 6) is 1.03. The lowest BCUT2D eigenvalue weighted by Crippen LogP contribution is -2.61. The van der Waals surface area contributed by atoms with Gasteiger partial charge in [-0.2, -0.15) is 0 Å². The van der Waals surface area contributed by atoms with E-state index >= 15 is 0 Å². The van der Waals surface area contributed by atoms with Crippen molar-refractivity contribution in [2.45, 2.75) is 38.1 Å². The van der Waals surface area contributed by atoms with Gasteiger partial charge in [0.25, 0.3) is 0 Å². The minimum Gasteiger partial charge on any atom is -0.339 e. The number of nitrogens with two attached hydrogens (primary N) is 1. The Labute approximate surface area is 79.3 Å². The molecule has 1 aliphatic heterocycles. The van der Waals surface area contributed by atoms with Crippen molar-refractivity contribution in [3.63, 3.8) is 0 Å². The normalized spacial score (nSPS) is 29.5. The molecule has 3 nitrogen and oxygen atoms in total. The van der Waals surface area contributed by atoms with Crippen LogP contribution in [-0.2, 0) is 4.79 Å². The summed E-state index contributed by atoms with van der Waals surface area (Å²) in [5, 5.41) is 0. The third kappa shape index (κ3) is 1.85. The van der Waals surface area contributed by atoms with E-state index < -0.39 is 0 Å². The standard InChI is InChI=1S/C10H18N2O/c11-9-7-12(10(9)13)6-5-8-3-1-2-4-8/h8-9H,1-7,11H2. The molecule has 1 amide bonds. The maximum atomic E-state index is 11.2. The predicted octanol–water partition coefficient (Wildman–Crippen LogP) is 0.736. The quantitative estimate of drug-likeness (QED) is 0.654. The molecule has 0 aromatic rings. The number of hydrogen-bond donors (Lipinski definition) is 1. The Morgan fingerprint density at radius 1 is 1.38 bits per heavy atom. The van der Waals surface area contributed by atoms with Gasteiger partial charge in [-0.05, 0) is 12.3 Å². The largest absolute Gasteiger partial charge is 0.339 e. The van der Waals surface area contributed by atoms with Gasteiger partial charge in [0.05, 0.1) is 0 Å². The lowest BCUT2D eigenvalue weighted by Gasteiger charge is -2.36. The van der Waals surface area contributed by atoms with Crippen LogP contribution in [0.3, 0.4) is 0 Å². The molecule has 0 aromatic carbocycles. The highest BCUT2D eigenvalue weighted by Crippen LogP contribution is 2.28. The van der Waals surface area contributed by atoms with Crippen LogP contribution in [0.4, 0.5) is 0 Å². The first kappa shape index (κ1) is 9.00. The molecule has 1 saturated carbocycles. The third-order valence-electron chi connectivity index (χ3n) is 3.33. The molecule has 13 heavy (non-hydrogen) atoms. The number of rotatable bonds is 3. The summed E-state index contributed by atoms with van der Waals surface area (Å²) < 4.78 is 0. The predicted molar refractivity (Wildman–Crippen MR) is 51.1 cm³/mol. The molecule has 1 unspecified atom stereocenters. The molecule has 1 atom stereocenters. The molecule has 2 rings (SSSR count). The van der Waals surface area contributed by atoms with Crippen LogP contribution in [0, 0.1) is 5.92 Å². The molecular weight excluding hydrogens is 164 g/mol. The van der Waals surface area contributed by atoms with E-state index in [1.807, 2.05) is 4.90 Å². The van der Waals surface area contributed by atoms with Crippen molar-refractivity contribution in [2.24, 2.45) is 11.7 Å². The number of nitrogens with zero attached hydrogens (tertiary/aromatic N) is 1. The van der Waals surface area contributed by atoms with Gasteiger partial charge in [-0.15, -0.1) is 0 Å². The van der Waals surface area contributed by atoms with Crippen molar-refractivity contribution in [1.82, 2.24) is 4.90 Å². The number of amides is 1. The summed E-state index contributed by atoms with van der Waals surface area (Å²) in [7, 11) is 0. The minimum atomic E-state index is -0.191. The van der Waals surface area contributed by atoms with E-state index in [0.29, 0.717) is 0 Å². The highest BCUT2D eigenvalue weighted by atomic mass is 16.2. The second-order valence-electron chi connectivity index (χ2n) is 4.33. The van der Waals surface area contributed by atoms with Gasteiger partial charge in [0.15, 0.2) is 0 Å². The summed E-state index contributed by atoms with van der Waals surface area (Å²) in [4.78, 5) is 13.1. The van der Waals surface area contributed by atoms with Crippen LogP contribution in [0.2, 0.25) is 0 Å². The van der Waals surface area contributed by atoms with Gasteiger partial charge in [-0.25, -0.2) is 0 Å². The van der Waals surface area contributed by atoms with Crippen LogP contribution >= 0.6 is 0 Å². The first-order valence-corrected chi connectivity index (χ1v) is 5.32. The van der Waals surface area contributed by atoms with Crippen molar-refractivity contribution < 1.29 is 4.79 Å². The average Bonchev–Trinajstić information content (AvgIpc) is 2.64. The minimum absolute atomic E-state index is 0.151. The van der Waals surface area contributed by atoms with Crippen LogP contribution < -0.4 is 5.73 Å². The topological polar surface area (TPSA) is 46.3 Å². The molecule has 2 N–H and O–H groups in total. The maximum Gasteiger partial charge on any atom is 0.241 e. The Morgan fingerprint density at radius 2 is 2.08 bits per heavy atom. The Bertz CT molecular complexity index is 199. The highest BCUT2D eigenvalue weighted by molar-refractivity contribution is 5.87. The molecule has 2 aliphatic rings. The van der Waals surface area contributed by atoms with E-state index in [0.717, 1.165) is 19.0 Å². The van der Waals surface area contributed by atoms with Gasteiger partial charge in [0, 0.05) is 13.1 Å². The molecule has 3 heteroatoms. The lowest BCUT2D eigenvalue weighted by molar-refractivity contribution is -0.142. The first-order chi connectivity index (χ1) is 6.27. The van der Waals surface area contributed by atoms with Gasteiger partial charge < -0.3 is 10.6 Å². The molecule has 1 saturated heterocycles. The molecular formula is C10H18N2O. The molecule has 0 spiro atoms. The lowest BCUT2D eigenvalue weighted by atomic mass is 10.0. The molecule has 1 heterocycles. The zero-order valence-corrected chi connectivity index (χ0v) is 8.04. The number of β-lactam (4-membered cyclic amide) rings is 1. The number of hydrogen-bond acceptors (Lipinski definition) is 2. The number of likely N-dealkylation sites (tertiary alicyclic amines) is 1. The van der Waals surface area contributed by atoms with Crippen molar-refractivity contribution in [1.29, 1.82) is 0 Å². The number of carbonyl (C=O) groups is 1. The van der Waals surface area contributed by atoms with Gasteiger partial charge in [-0.3, -0.25) is 4.79 Å². The summed E-state index contributed by atoms with van der Waals surface area (Å²) >= 11 is 0. The van der Waals surface area contributed by atoms with E-state index in [1.54, 1.807) is 0 Å². The van der Waals surface area contributed by atoms with E-state index in [4.69, 9.17) is 5.73 Å². The average molecular weight is 182 g/mol. The fourth-order valence-corrected chi connectivity index (χ4v) is 2.37. The van der Waals surface area contributed by atoms with Gasteiger partial charge in [0.1, 0.15) is 6.04 Å². The summed E-state index contributed by atoms with van der Waals surface area (Å²) in [6, 6.07) is -0.191. The SMILES string of the molecule is NC1CN(CCC2CCCC2)C1=O. The molecule has 74 valence electrons. The monoisotopic (exact) mass is 182 g/mol. The molecule has 0 radical (unpaired) electrons. The smallest absolute Gasteiger partial charge is 0.241 e. The second-order valence-corrected chi connectivity index (χ2v) is 4.33. The molecule has 0 aromatic heterocycles. The summed E-state index contributed by atoms with van der Waals surface area (Å²) in [5.41, 5.74) is 5.50. The van der Waals surface area contributed by atoms with Gasteiger partial charge in [0.2, 0.25) is 5.91 Å². The van der Waals surface area contributed by atoms with E-state index in [1.165, 1.54) is 32.1 Å². The number of carbonyl (C=O) groups excluding carboxylic acids is 1. The molecule has 2 fully saturated rings. The van der Waals surface area contributed by atoms with Crippen LogP contribution in [0.15, 0.2) is 0 Å². The van der Waals surface area contributed by atoms with Crippen LogP contribution in [0.25, 0.3) is 0 Å². The van der Waals surface area contributed by atoms with Crippen molar-refractivity contribution in [3.8, 4) is 0 Å². The Morgan fingerprint density at radius 3 is 2.62 bits per heavy atom. The Balaban J connectivity index is 1.65. The fraction of sp³-hybridized carbons (Fsp3) is 0.900. The van der Waals surface area contributed by atoms with Crippen molar-refractivity contribution in [2.75, 3.05) is 13.1 Å². The molecule has 1 aliphatic carbocycles. The zero-order chi connectivity index (χ0) is 9.26. The zero-order valence-electron chi connectivity index (χ0n) is 8.04. The molecule has 0 bridgehead atoms. The van der Waals surface area contributed by atoms with Crippen molar-refractivity contribution in [3.05, 3.63) is 0 Å². The summed E-state index contributed by atoms with van der Waals surface area (Å²) in [6.45, 7) is 1.72.